The molecule has 1 aromatic carbocycles. The van der Waals surface area contributed by atoms with Crippen molar-refractivity contribution in [2.45, 2.75) is 44.1 Å². The van der Waals surface area contributed by atoms with Gasteiger partial charge >= 0.3 is 5.97 Å². The number of methoxy groups -OCH3 is 1. The number of aromatic nitrogens is 3. The molecule has 4 aliphatic carbocycles. The van der Waals surface area contributed by atoms with Crippen LogP contribution in [0.25, 0.3) is 0 Å². The van der Waals surface area contributed by atoms with Crippen molar-refractivity contribution in [1.29, 1.82) is 0 Å². The average molecular weight is 415 g/mol. The van der Waals surface area contributed by atoms with Crippen LogP contribution in [0.3, 0.4) is 0 Å². The number of nitrogens with one attached hydrogen (secondary N) is 1. The van der Waals surface area contributed by atoms with E-state index in [9.17, 15) is 9.59 Å². The van der Waals surface area contributed by atoms with E-state index in [4.69, 9.17) is 16.3 Å². The van der Waals surface area contributed by atoms with Crippen molar-refractivity contribution in [2.24, 2.45) is 17.3 Å². The Hall–Kier alpha value is -2.41. The standard InChI is InChI=1S/C21H23ClN4O3/c1-29-17(27)15-2-4-16(5-3-15)24-18(28)20-7-13-6-14(8-20)10-21(9-13,11-20)26-12-23-19(22)25-26/h2-5,12-14H,6-11H2,1H3,(H,24,28)/t13-,14-,20?,21?/m0/s1. The van der Waals surface area contributed by atoms with Crippen LogP contribution in [0.4, 0.5) is 5.69 Å². The Labute approximate surface area is 173 Å². The zero-order valence-electron chi connectivity index (χ0n) is 16.2. The summed E-state index contributed by atoms with van der Waals surface area (Å²) in [5.41, 5.74) is 0.582. The molecule has 4 saturated carbocycles. The molecule has 4 bridgehead atoms. The normalized spacial score (nSPS) is 32.2. The molecule has 2 aromatic rings. The lowest BCUT2D eigenvalue weighted by atomic mass is 9.46. The summed E-state index contributed by atoms with van der Waals surface area (Å²) >= 11 is 6.00. The molecule has 1 aromatic heterocycles. The van der Waals surface area contributed by atoms with E-state index in [1.54, 1.807) is 30.6 Å². The monoisotopic (exact) mass is 414 g/mol. The van der Waals surface area contributed by atoms with E-state index >= 15 is 0 Å². The third-order valence-corrected chi connectivity index (χ3v) is 7.20. The van der Waals surface area contributed by atoms with Gasteiger partial charge in [-0.05, 0) is 86.2 Å². The van der Waals surface area contributed by atoms with Crippen molar-refractivity contribution in [2.75, 3.05) is 12.4 Å². The first-order chi connectivity index (χ1) is 13.9. The van der Waals surface area contributed by atoms with Crippen molar-refractivity contribution < 1.29 is 14.3 Å². The molecule has 152 valence electrons. The molecule has 7 nitrogen and oxygen atoms in total. The highest BCUT2D eigenvalue weighted by molar-refractivity contribution is 6.28. The number of hydrogen-bond acceptors (Lipinski definition) is 5. The van der Waals surface area contributed by atoms with E-state index in [-0.39, 0.29) is 16.7 Å². The highest BCUT2D eigenvalue weighted by Gasteiger charge is 2.61. The van der Waals surface area contributed by atoms with Crippen LogP contribution in [0.2, 0.25) is 5.28 Å². The van der Waals surface area contributed by atoms with Gasteiger partial charge in [0.15, 0.2) is 0 Å². The Morgan fingerprint density at radius 2 is 1.86 bits per heavy atom. The van der Waals surface area contributed by atoms with Gasteiger partial charge in [0.05, 0.1) is 23.6 Å². The molecule has 4 aliphatic rings. The number of carbonyl (C=O) groups excluding carboxylic acids is 2. The quantitative estimate of drug-likeness (QED) is 0.771. The summed E-state index contributed by atoms with van der Waals surface area (Å²) in [5.74, 6) is 0.712. The molecule has 6 rings (SSSR count). The summed E-state index contributed by atoms with van der Waals surface area (Å²) in [6.07, 6.45) is 7.57. The van der Waals surface area contributed by atoms with Gasteiger partial charge in [-0.1, -0.05) is 0 Å². The Kier molecular flexibility index (Phi) is 4.21. The summed E-state index contributed by atoms with van der Waals surface area (Å²) in [4.78, 5) is 29.2. The number of ether oxygens (including phenoxy) is 1. The number of benzene rings is 1. The second-order valence-corrected chi connectivity index (χ2v) is 9.28. The van der Waals surface area contributed by atoms with Gasteiger partial charge < -0.3 is 10.1 Å². The van der Waals surface area contributed by atoms with Crippen LogP contribution in [-0.2, 0) is 15.1 Å². The number of nitrogens with zero attached hydrogens (tertiary/aromatic N) is 3. The lowest BCUT2D eigenvalue weighted by Crippen LogP contribution is -2.60. The fourth-order valence-electron chi connectivity index (χ4n) is 6.29. The van der Waals surface area contributed by atoms with Gasteiger partial charge in [-0.25, -0.2) is 14.5 Å². The van der Waals surface area contributed by atoms with Crippen LogP contribution in [-0.4, -0.2) is 33.8 Å². The molecule has 0 radical (unpaired) electrons. The van der Waals surface area contributed by atoms with Crippen LogP contribution in [0.1, 0.15) is 48.9 Å². The highest BCUT2D eigenvalue weighted by atomic mass is 35.5. The third kappa shape index (κ3) is 3.03. The smallest absolute Gasteiger partial charge is 0.337 e. The number of carbonyl (C=O) groups is 2. The van der Waals surface area contributed by atoms with Gasteiger partial charge in [-0.3, -0.25) is 4.79 Å². The second kappa shape index (κ2) is 6.55. The summed E-state index contributed by atoms with van der Waals surface area (Å²) < 4.78 is 6.64. The molecule has 8 heteroatoms. The van der Waals surface area contributed by atoms with E-state index in [1.807, 2.05) is 4.68 Å². The fourth-order valence-corrected chi connectivity index (χ4v) is 6.42. The minimum absolute atomic E-state index is 0.0630. The Morgan fingerprint density at radius 3 is 2.45 bits per heavy atom. The summed E-state index contributed by atoms with van der Waals surface area (Å²) in [6, 6.07) is 6.83. The van der Waals surface area contributed by atoms with Crippen LogP contribution in [0, 0.1) is 17.3 Å². The van der Waals surface area contributed by atoms with E-state index in [1.165, 1.54) is 13.5 Å². The topological polar surface area (TPSA) is 86.1 Å². The Bertz CT molecular complexity index is 957. The van der Waals surface area contributed by atoms with Crippen LogP contribution < -0.4 is 5.32 Å². The van der Waals surface area contributed by atoms with Gasteiger partial charge in [0.2, 0.25) is 11.2 Å². The minimum atomic E-state index is -0.399. The molecule has 0 unspecified atom stereocenters. The summed E-state index contributed by atoms with van der Waals surface area (Å²) in [7, 11) is 1.35. The van der Waals surface area contributed by atoms with Gasteiger partial charge in [0.25, 0.3) is 0 Å². The molecular weight excluding hydrogens is 392 g/mol. The van der Waals surface area contributed by atoms with Gasteiger partial charge in [0, 0.05) is 5.69 Å². The van der Waals surface area contributed by atoms with Crippen molar-refractivity contribution in [1.82, 2.24) is 14.8 Å². The zero-order valence-corrected chi connectivity index (χ0v) is 17.0. The second-order valence-electron chi connectivity index (χ2n) is 8.95. The van der Waals surface area contributed by atoms with E-state index in [2.05, 4.69) is 15.4 Å². The average Bonchev–Trinajstić information content (AvgIpc) is 3.14. The van der Waals surface area contributed by atoms with Crippen molar-refractivity contribution in [3.05, 3.63) is 41.4 Å². The molecule has 29 heavy (non-hydrogen) atoms. The van der Waals surface area contributed by atoms with E-state index in [0.717, 1.165) is 32.1 Å². The molecule has 2 atom stereocenters. The molecule has 1 N–H and O–H groups in total. The Morgan fingerprint density at radius 1 is 1.17 bits per heavy atom. The Balaban J connectivity index is 1.40. The number of rotatable bonds is 4. The maximum atomic E-state index is 13.4. The molecule has 4 fully saturated rings. The number of anilines is 1. The lowest BCUT2D eigenvalue weighted by molar-refractivity contribution is -0.150. The predicted octanol–water partition coefficient (Wildman–Crippen LogP) is 3.65. The summed E-state index contributed by atoms with van der Waals surface area (Å²) in [5, 5.41) is 7.75. The first kappa shape index (κ1) is 18.6. The van der Waals surface area contributed by atoms with Crippen LogP contribution in [0.15, 0.2) is 30.6 Å². The SMILES string of the molecule is COC(=O)c1ccc(NC(=O)C23C[C@@H]4C[C@@H](C2)CC(n2cnc(Cl)n2)(C4)C3)cc1. The zero-order chi connectivity index (χ0) is 20.2. The van der Waals surface area contributed by atoms with Gasteiger partial charge in [-0.2, -0.15) is 0 Å². The number of halogens is 1. The van der Waals surface area contributed by atoms with Crippen molar-refractivity contribution in [3.8, 4) is 0 Å². The third-order valence-electron chi connectivity index (χ3n) is 7.03. The van der Waals surface area contributed by atoms with Crippen LogP contribution >= 0.6 is 11.6 Å². The molecular formula is C21H23ClN4O3. The molecule has 0 aliphatic heterocycles. The number of amides is 1. The minimum Gasteiger partial charge on any atom is -0.465 e. The fraction of sp³-hybridized carbons (Fsp3) is 0.524. The largest absolute Gasteiger partial charge is 0.465 e. The predicted molar refractivity (Wildman–Crippen MR) is 107 cm³/mol. The van der Waals surface area contributed by atoms with Crippen molar-refractivity contribution in [3.63, 3.8) is 0 Å². The molecule has 0 spiro atoms. The van der Waals surface area contributed by atoms with E-state index < -0.39 is 11.4 Å². The van der Waals surface area contributed by atoms with Gasteiger partial charge in [-0.15, -0.1) is 5.10 Å². The summed E-state index contributed by atoms with van der Waals surface area (Å²) in [6.45, 7) is 0. The molecule has 0 saturated heterocycles. The molecule has 1 amide bonds. The highest BCUT2D eigenvalue weighted by Crippen LogP contribution is 2.64. The maximum absolute atomic E-state index is 13.4. The first-order valence-electron chi connectivity index (χ1n) is 9.99. The first-order valence-corrected chi connectivity index (χ1v) is 10.4. The van der Waals surface area contributed by atoms with Crippen LogP contribution in [0.5, 0.6) is 0 Å². The lowest BCUT2D eigenvalue weighted by Gasteiger charge is -2.60. The maximum Gasteiger partial charge on any atom is 0.337 e. The number of hydrogen-bond donors (Lipinski definition) is 1. The number of esters is 1. The van der Waals surface area contributed by atoms with Crippen molar-refractivity contribution >= 4 is 29.2 Å². The molecule has 1 heterocycles. The van der Waals surface area contributed by atoms with Gasteiger partial charge in [0.1, 0.15) is 6.33 Å². The van der Waals surface area contributed by atoms with E-state index in [0.29, 0.717) is 23.1 Å².